The number of anilines is 1. The van der Waals surface area contributed by atoms with Gasteiger partial charge in [0.05, 0.1) is 24.1 Å². The van der Waals surface area contributed by atoms with Crippen molar-refractivity contribution >= 4 is 51.3 Å². The molecule has 0 unspecified atom stereocenters. The van der Waals surface area contributed by atoms with E-state index in [0.717, 1.165) is 14.8 Å². The molecule has 0 aliphatic heterocycles. The molecule has 0 radical (unpaired) electrons. The van der Waals surface area contributed by atoms with Crippen LogP contribution in [0.5, 0.6) is 0 Å². The van der Waals surface area contributed by atoms with Crippen LogP contribution >= 0.6 is 22.6 Å². The Balaban J connectivity index is 2.04. The van der Waals surface area contributed by atoms with Gasteiger partial charge in [-0.1, -0.05) is 18.2 Å². The first-order chi connectivity index (χ1) is 12.5. The summed E-state index contributed by atoms with van der Waals surface area (Å²) in [6.07, 6.45) is 3.74. The van der Waals surface area contributed by atoms with Gasteiger partial charge in [0.15, 0.2) is 0 Å². The molecule has 1 heterocycles. The number of halogens is 1. The Morgan fingerprint density at radius 1 is 1.15 bits per heavy atom. The molecule has 0 saturated carbocycles. The Morgan fingerprint density at radius 3 is 2.54 bits per heavy atom. The SMILES string of the molecule is CN(C)c1ccc(C=Cc2nc3ccc(I)cc3c(=O)n2CCO)cc1. The number of benzene rings is 2. The Bertz CT molecular complexity index is 1010. The lowest BCUT2D eigenvalue weighted by molar-refractivity contribution is 0.273. The van der Waals surface area contributed by atoms with E-state index >= 15 is 0 Å². The number of rotatable bonds is 5. The first-order valence-electron chi connectivity index (χ1n) is 8.26. The summed E-state index contributed by atoms with van der Waals surface area (Å²) >= 11 is 2.18. The second-order valence-electron chi connectivity index (χ2n) is 6.13. The summed E-state index contributed by atoms with van der Waals surface area (Å²) in [5, 5.41) is 9.91. The monoisotopic (exact) mass is 461 g/mol. The van der Waals surface area contributed by atoms with Gasteiger partial charge in [0.25, 0.3) is 5.56 Å². The first-order valence-corrected chi connectivity index (χ1v) is 9.34. The van der Waals surface area contributed by atoms with Gasteiger partial charge in [-0.05, 0) is 64.6 Å². The van der Waals surface area contributed by atoms with Crippen LogP contribution in [0.2, 0.25) is 0 Å². The molecule has 6 heteroatoms. The normalized spacial score (nSPS) is 11.4. The molecule has 26 heavy (non-hydrogen) atoms. The molecule has 0 fully saturated rings. The fourth-order valence-electron chi connectivity index (χ4n) is 2.71. The van der Waals surface area contributed by atoms with E-state index in [9.17, 15) is 9.90 Å². The lowest BCUT2D eigenvalue weighted by Gasteiger charge is -2.12. The van der Waals surface area contributed by atoms with Gasteiger partial charge < -0.3 is 10.0 Å². The van der Waals surface area contributed by atoms with Crippen LogP contribution in [-0.4, -0.2) is 35.4 Å². The van der Waals surface area contributed by atoms with Crippen LogP contribution in [0.4, 0.5) is 5.69 Å². The van der Waals surface area contributed by atoms with E-state index in [-0.39, 0.29) is 18.7 Å². The summed E-state index contributed by atoms with van der Waals surface area (Å²) in [5.41, 5.74) is 2.67. The molecule has 1 aromatic heterocycles. The van der Waals surface area contributed by atoms with Crippen molar-refractivity contribution in [3.05, 3.63) is 67.8 Å². The lowest BCUT2D eigenvalue weighted by Crippen LogP contribution is -2.25. The molecule has 1 N–H and O–H groups in total. The van der Waals surface area contributed by atoms with Gasteiger partial charge in [0, 0.05) is 23.4 Å². The number of fused-ring (bicyclic) bond motifs is 1. The molecule has 0 aliphatic carbocycles. The Morgan fingerprint density at radius 2 is 1.88 bits per heavy atom. The summed E-state index contributed by atoms with van der Waals surface area (Å²) in [4.78, 5) is 19.4. The van der Waals surface area contributed by atoms with E-state index in [1.54, 1.807) is 0 Å². The minimum absolute atomic E-state index is 0.116. The highest BCUT2D eigenvalue weighted by Crippen LogP contribution is 2.16. The number of aliphatic hydroxyl groups excluding tert-OH is 1. The molecule has 3 rings (SSSR count). The number of nitrogens with zero attached hydrogens (tertiary/aromatic N) is 3. The maximum Gasteiger partial charge on any atom is 0.261 e. The number of aliphatic hydroxyl groups is 1. The molecular weight excluding hydrogens is 441 g/mol. The quantitative estimate of drug-likeness (QED) is 0.593. The molecule has 0 spiro atoms. The van der Waals surface area contributed by atoms with E-state index in [1.807, 2.05) is 73.6 Å². The van der Waals surface area contributed by atoms with Crippen molar-refractivity contribution in [1.29, 1.82) is 0 Å². The Labute approximate surface area is 165 Å². The lowest BCUT2D eigenvalue weighted by atomic mass is 10.2. The largest absolute Gasteiger partial charge is 0.395 e. The first kappa shape index (κ1) is 18.6. The van der Waals surface area contributed by atoms with Crippen molar-refractivity contribution in [3.63, 3.8) is 0 Å². The summed E-state index contributed by atoms with van der Waals surface area (Å²) in [6.45, 7) is 0.0991. The molecule has 3 aromatic rings. The van der Waals surface area contributed by atoms with Gasteiger partial charge >= 0.3 is 0 Å². The molecule has 0 atom stereocenters. The second-order valence-corrected chi connectivity index (χ2v) is 7.38. The highest BCUT2D eigenvalue weighted by molar-refractivity contribution is 14.1. The number of aromatic nitrogens is 2. The zero-order valence-corrected chi connectivity index (χ0v) is 16.8. The molecule has 5 nitrogen and oxygen atoms in total. The minimum atomic E-state index is -0.134. The third-order valence-electron chi connectivity index (χ3n) is 4.10. The predicted molar refractivity (Wildman–Crippen MR) is 116 cm³/mol. The molecule has 0 bridgehead atoms. The van der Waals surface area contributed by atoms with Crippen LogP contribution in [0.1, 0.15) is 11.4 Å². The minimum Gasteiger partial charge on any atom is -0.395 e. The Hall–Kier alpha value is -2.19. The molecule has 0 amide bonds. The van der Waals surface area contributed by atoms with Crippen LogP contribution in [0, 0.1) is 3.57 Å². The molecule has 134 valence electrons. The average molecular weight is 461 g/mol. The summed E-state index contributed by atoms with van der Waals surface area (Å²) in [7, 11) is 4.00. The average Bonchev–Trinajstić information content (AvgIpc) is 2.63. The van der Waals surface area contributed by atoms with Gasteiger partial charge in [-0.15, -0.1) is 0 Å². The van der Waals surface area contributed by atoms with Crippen LogP contribution in [-0.2, 0) is 6.54 Å². The van der Waals surface area contributed by atoms with Gasteiger partial charge in [0.1, 0.15) is 5.82 Å². The maximum absolute atomic E-state index is 12.8. The van der Waals surface area contributed by atoms with Crippen LogP contribution in [0.15, 0.2) is 47.3 Å². The van der Waals surface area contributed by atoms with Crippen molar-refractivity contribution in [2.45, 2.75) is 6.54 Å². The van der Waals surface area contributed by atoms with E-state index in [2.05, 4.69) is 27.6 Å². The van der Waals surface area contributed by atoms with E-state index in [4.69, 9.17) is 0 Å². The van der Waals surface area contributed by atoms with Crippen molar-refractivity contribution in [2.24, 2.45) is 0 Å². The number of hydrogen-bond acceptors (Lipinski definition) is 4. The highest BCUT2D eigenvalue weighted by atomic mass is 127. The third kappa shape index (κ3) is 3.96. The van der Waals surface area contributed by atoms with Gasteiger partial charge in [-0.25, -0.2) is 4.98 Å². The van der Waals surface area contributed by atoms with Crippen molar-refractivity contribution in [1.82, 2.24) is 9.55 Å². The fourth-order valence-corrected chi connectivity index (χ4v) is 3.20. The topological polar surface area (TPSA) is 58.4 Å². The molecule has 2 aromatic carbocycles. The fraction of sp³-hybridized carbons (Fsp3) is 0.200. The van der Waals surface area contributed by atoms with Gasteiger partial charge in [-0.2, -0.15) is 0 Å². The number of hydrogen-bond donors (Lipinski definition) is 1. The van der Waals surface area contributed by atoms with Crippen LogP contribution in [0.25, 0.3) is 23.1 Å². The molecule has 0 saturated heterocycles. The zero-order chi connectivity index (χ0) is 18.7. The van der Waals surface area contributed by atoms with Crippen LogP contribution < -0.4 is 10.5 Å². The summed E-state index contributed by atoms with van der Waals surface area (Å²) in [5.74, 6) is 0.537. The maximum atomic E-state index is 12.8. The highest BCUT2D eigenvalue weighted by Gasteiger charge is 2.09. The second kappa shape index (κ2) is 8.01. The van der Waals surface area contributed by atoms with E-state index in [1.165, 1.54) is 4.57 Å². The standard InChI is InChI=1S/C20H20IN3O2/c1-23(2)16-7-3-14(4-8-16)5-10-19-22-18-9-6-15(21)13-17(18)20(26)24(19)11-12-25/h3-10,13,25H,11-12H2,1-2H3. The Kier molecular flexibility index (Phi) is 5.73. The summed E-state index contributed by atoms with van der Waals surface area (Å²) in [6, 6.07) is 13.7. The van der Waals surface area contributed by atoms with Crippen molar-refractivity contribution < 1.29 is 5.11 Å². The molecule has 0 aliphatic rings. The smallest absolute Gasteiger partial charge is 0.261 e. The third-order valence-corrected chi connectivity index (χ3v) is 4.77. The van der Waals surface area contributed by atoms with Gasteiger partial charge in [0.2, 0.25) is 0 Å². The molecular formula is C20H20IN3O2. The van der Waals surface area contributed by atoms with Crippen molar-refractivity contribution in [3.8, 4) is 0 Å². The van der Waals surface area contributed by atoms with E-state index < -0.39 is 0 Å². The van der Waals surface area contributed by atoms with Gasteiger partial charge in [-0.3, -0.25) is 9.36 Å². The summed E-state index contributed by atoms with van der Waals surface area (Å²) < 4.78 is 2.50. The van der Waals surface area contributed by atoms with Crippen molar-refractivity contribution in [2.75, 3.05) is 25.6 Å². The predicted octanol–water partition coefficient (Wildman–Crippen LogP) is 3.23. The van der Waals surface area contributed by atoms with E-state index in [0.29, 0.717) is 16.7 Å². The zero-order valence-electron chi connectivity index (χ0n) is 14.7. The van der Waals surface area contributed by atoms with Crippen LogP contribution in [0.3, 0.4) is 0 Å².